The maximum atomic E-state index is 12.0. The van der Waals surface area contributed by atoms with Crippen molar-refractivity contribution in [1.82, 2.24) is 15.1 Å². The lowest BCUT2D eigenvalue weighted by Crippen LogP contribution is -2.47. The molecule has 2 N–H and O–H groups in total. The molecule has 0 radical (unpaired) electrons. The van der Waals surface area contributed by atoms with E-state index >= 15 is 0 Å². The number of halogens is 1. The van der Waals surface area contributed by atoms with Gasteiger partial charge in [0.2, 0.25) is 5.91 Å². The van der Waals surface area contributed by atoms with Crippen LogP contribution in [0.4, 0.5) is 0 Å². The quantitative estimate of drug-likeness (QED) is 0.786. The Morgan fingerprint density at radius 1 is 1.25 bits per heavy atom. The van der Waals surface area contributed by atoms with Crippen LogP contribution in [0.1, 0.15) is 26.2 Å². The van der Waals surface area contributed by atoms with Crippen molar-refractivity contribution in [3.63, 3.8) is 0 Å². The molecule has 2 heterocycles. The molecule has 0 aromatic rings. The van der Waals surface area contributed by atoms with Gasteiger partial charge in [-0.15, -0.1) is 12.4 Å². The van der Waals surface area contributed by atoms with Crippen molar-refractivity contribution in [2.75, 3.05) is 45.8 Å². The van der Waals surface area contributed by atoms with Gasteiger partial charge in [0.15, 0.2) is 0 Å². The van der Waals surface area contributed by atoms with Crippen LogP contribution in [0.25, 0.3) is 0 Å². The lowest BCUT2D eigenvalue weighted by Gasteiger charge is -2.34. The van der Waals surface area contributed by atoms with Crippen molar-refractivity contribution in [1.29, 1.82) is 0 Å². The molecule has 5 nitrogen and oxygen atoms in total. The first-order chi connectivity index (χ1) is 9.16. The van der Waals surface area contributed by atoms with Gasteiger partial charge in [-0.25, -0.2) is 0 Å². The molecule has 0 aromatic heterocycles. The van der Waals surface area contributed by atoms with Gasteiger partial charge in [-0.05, 0) is 38.8 Å². The number of nitrogens with one attached hydrogen (secondary N) is 1. The van der Waals surface area contributed by atoms with Gasteiger partial charge in [-0.2, -0.15) is 0 Å². The second kappa shape index (κ2) is 8.82. The summed E-state index contributed by atoms with van der Waals surface area (Å²) >= 11 is 0. The van der Waals surface area contributed by atoms with Crippen LogP contribution >= 0.6 is 12.4 Å². The minimum atomic E-state index is -0.190. The molecule has 0 bridgehead atoms. The number of nitrogens with zero attached hydrogens (tertiary/aromatic N) is 2. The topological polar surface area (TPSA) is 55.8 Å². The third-order valence-electron chi connectivity index (χ3n) is 4.43. The highest BCUT2D eigenvalue weighted by Gasteiger charge is 2.23. The van der Waals surface area contributed by atoms with Crippen molar-refractivity contribution in [2.24, 2.45) is 5.92 Å². The van der Waals surface area contributed by atoms with Gasteiger partial charge >= 0.3 is 0 Å². The number of rotatable bonds is 4. The monoisotopic (exact) mass is 305 g/mol. The van der Waals surface area contributed by atoms with Gasteiger partial charge in [0.25, 0.3) is 0 Å². The van der Waals surface area contributed by atoms with E-state index in [1.54, 1.807) is 0 Å². The van der Waals surface area contributed by atoms with Crippen molar-refractivity contribution in [3.8, 4) is 0 Å². The summed E-state index contributed by atoms with van der Waals surface area (Å²) in [7, 11) is 0. The predicted octanol–water partition coefficient (Wildman–Crippen LogP) is 0.323. The molecule has 6 heteroatoms. The third-order valence-corrected chi connectivity index (χ3v) is 4.43. The summed E-state index contributed by atoms with van der Waals surface area (Å²) in [5.41, 5.74) is 0. The van der Waals surface area contributed by atoms with Gasteiger partial charge < -0.3 is 20.2 Å². The number of carbonyl (C=O) groups excluding carboxylic acids is 1. The lowest BCUT2D eigenvalue weighted by atomic mass is 9.92. The van der Waals surface area contributed by atoms with Crippen LogP contribution in [0.2, 0.25) is 0 Å². The van der Waals surface area contributed by atoms with Crippen LogP contribution in [0, 0.1) is 5.92 Å². The first-order valence-electron chi connectivity index (χ1n) is 7.55. The number of likely N-dealkylation sites (tertiary alicyclic amines) is 1. The minimum absolute atomic E-state index is 0. The highest BCUT2D eigenvalue weighted by molar-refractivity contribution is 5.85. The lowest BCUT2D eigenvalue weighted by molar-refractivity contribution is -0.132. The second-order valence-electron chi connectivity index (χ2n) is 5.80. The molecule has 0 aliphatic carbocycles. The van der Waals surface area contributed by atoms with Gasteiger partial charge in [-0.1, -0.05) is 0 Å². The Hall–Kier alpha value is -0.360. The van der Waals surface area contributed by atoms with E-state index in [-0.39, 0.29) is 18.5 Å². The fourth-order valence-corrected chi connectivity index (χ4v) is 2.99. The molecule has 118 valence electrons. The van der Waals surface area contributed by atoms with E-state index in [0.717, 1.165) is 58.7 Å². The van der Waals surface area contributed by atoms with E-state index in [1.165, 1.54) is 0 Å². The van der Waals surface area contributed by atoms with E-state index in [0.29, 0.717) is 18.2 Å². The Morgan fingerprint density at radius 2 is 1.85 bits per heavy atom. The van der Waals surface area contributed by atoms with Gasteiger partial charge in [0, 0.05) is 39.1 Å². The molecule has 0 aromatic carbocycles. The Balaban J connectivity index is 0.00000200. The normalized spacial score (nSPS) is 23.2. The van der Waals surface area contributed by atoms with Crippen LogP contribution in [0.5, 0.6) is 0 Å². The average Bonchev–Trinajstić information content (AvgIpc) is 2.46. The summed E-state index contributed by atoms with van der Waals surface area (Å²) in [6.45, 7) is 8.33. The van der Waals surface area contributed by atoms with Crippen LogP contribution in [0.3, 0.4) is 0 Å². The summed E-state index contributed by atoms with van der Waals surface area (Å²) in [4.78, 5) is 16.4. The largest absolute Gasteiger partial charge is 0.393 e. The fourth-order valence-electron chi connectivity index (χ4n) is 2.99. The van der Waals surface area contributed by atoms with Crippen molar-refractivity contribution >= 4 is 18.3 Å². The van der Waals surface area contributed by atoms with E-state index in [1.807, 2.05) is 11.8 Å². The summed E-state index contributed by atoms with van der Waals surface area (Å²) in [6.07, 6.45) is 2.56. The molecule has 2 aliphatic rings. The minimum Gasteiger partial charge on any atom is -0.393 e. The SMILES string of the molecule is CC(O)C1CCN(CCC(=O)N2CCNCC2)CC1.Cl. The molecule has 2 rings (SSSR count). The van der Waals surface area contributed by atoms with E-state index in [2.05, 4.69) is 10.2 Å². The maximum Gasteiger partial charge on any atom is 0.223 e. The van der Waals surface area contributed by atoms with Crippen molar-refractivity contribution in [2.45, 2.75) is 32.3 Å². The maximum absolute atomic E-state index is 12.0. The Labute approximate surface area is 128 Å². The first kappa shape index (κ1) is 17.7. The van der Waals surface area contributed by atoms with Gasteiger partial charge in [0.1, 0.15) is 0 Å². The fraction of sp³-hybridized carbons (Fsp3) is 0.929. The number of carbonyl (C=O) groups is 1. The van der Waals surface area contributed by atoms with Crippen LogP contribution in [-0.2, 0) is 4.79 Å². The Kier molecular flexibility index (Phi) is 7.80. The van der Waals surface area contributed by atoms with Gasteiger partial charge in [-0.3, -0.25) is 4.79 Å². The highest BCUT2D eigenvalue weighted by atomic mass is 35.5. The number of aliphatic hydroxyl groups excluding tert-OH is 1. The predicted molar refractivity (Wildman–Crippen MR) is 82.2 cm³/mol. The average molecular weight is 306 g/mol. The molecular weight excluding hydrogens is 278 g/mol. The van der Waals surface area contributed by atoms with Gasteiger partial charge in [0.05, 0.1) is 6.10 Å². The summed E-state index contributed by atoms with van der Waals surface area (Å²) in [5, 5.41) is 12.8. The van der Waals surface area contributed by atoms with Crippen LogP contribution in [0.15, 0.2) is 0 Å². The van der Waals surface area contributed by atoms with E-state index in [9.17, 15) is 9.90 Å². The smallest absolute Gasteiger partial charge is 0.223 e. The molecule has 1 atom stereocenters. The zero-order chi connectivity index (χ0) is 13.7. The third kappa shape index (κ3) is 5.20. The molecule has 1 unspecified atom stereocenters. The summed E-state index contributed by atoms with van der Waals surface area (Å²) in [5.74, 6) is 0.735. The molecule has 0 spiro atoms. The van der Waals surface area contributed by atoms with Crippen LogP contribution in [-0.4, -0.2) is 72.7 Å². The molecule has 2 aliphatic heterocycles. The van der Waals surface area contributed by atoms with E-state index < -0.39 is 0 Å². The summed E-state index contributed by atoms with van der Waals surface area (Å²) in [6, 6.07) is 0. The van der Waals surface area contributed by atoms with Crippen molar-refractivity contribution < 1.29 is 9.90 Å². The first-order valence-corrected chi connectivity index (χ1v) is 7.55. The molecular formula is C14H28ClN3O2. The van der Waals surface area contributed by atoms with Crippen molar-refractivity contribution in [3.05, 3.63) is 0 Å². The zero-order valence-electron chi connectivity index (χ0n) is 12.4. The number of hydrogen-bond donors (Lipinski definition) is 2. The Morgan fingerprint density at radius 3 is 2.40 bits per heavy atom. The Bertz CT molecular complexity index is 288. The molecule has 1 amide bonds. The van der Waals surface area contributed by atoms with Crippen LogP contribution < -0.4 is 5.32 Å². The number of aliphatic hydroxyl groups is 1. The molecule has 0 saturated carbocycles. The number of hydrogen-bond acceptors (Lipinski definition) is 4. The number of piperazine rings is 1. The van der Waals surface area contributed by atoms with E-state index in [4.69, 9.17) is 0 Å². The second-order valence-corrected chi connectivity index (χ2v) is 5.80. The highest BCUT2D eigenvalue weighted by Crippen LogP contribution is 2.20. The molecule has 2 saturated heterocycles. The number of piperidine rings is 1. The standard InChI is InChI=1S/C14H27N3O2.ClH/c1-12(18)13-2-7-16(8-3-13)9-4-14(19)17-10-5-15-6-11-17;/h12-13,15,18H,2-11H2,1H3;1H. The number of amides is 1. The molecule has 2 fully saturated rings. The molecule has 20 heavy (non-hydrogen) atoms. The summed E-state index contributed by atoms with van der Waals surface area (Å²) < 4.78 is 0. The zero-order valence-corrected chi connectivity index (χ0v) is 13.2.